The Morgan fingerprint density at radius 3 is 2.73 bits per heavy atom. The number of carbonyl (C=O) groups excluding carboxylic acids is 1. The van der Waals surface area contributed by atoms with E-state index in [-0.39, 0.29) is 18.0 Å². The van der Waals surface area contributed by atoms with Crippen molar-refractivity contribution in [2.45, 2.75) is 0 Å². The molecule has 0 aromatic heterocycles. The van der Waals surface area contributed by atoms with E-state index in [2.05, 4.69) is 4.99 Å². The van der Waals surface area contributed by atoms with E-state index in [9.17, 15) is 9.59 Å². The SMILES string of the molecule is O=C1CN(c2ccccc2C(=O)O)C=N1. The number of anilines is 1. The molecule has 76 valence electrons. The van der Waals surface area contributed by atoms with Gasteiger partial charge < -0.3 is 10.0 Å². The maximum Gasteiger partial charge on any atom is 0.337 e. The van der Waals surface area contributed by atoms with Crippen LogP contribution in [-0.2, 0) is 4.79 Å². The van der Waals surface area contributed by atoms with Crippen molar-refractivity contribution in [3.63, 3.8) is 0 Å². The molecule has 0 fully saturated rings. The number of aliphatic imine (C=N–C) groups is 1. The number of benzene rings is 1. The highest BCUT2D eigenvalue weighted by molar-refractivity contribution is 6.05. The Labute approximate surface area is 85.7 Å². The van der Waals surface area contributed by atoms with Crippen LogP contribution in [0.2, 0.25) is 0 Å². The zero-order chi connectivity index (χ0) is 10.8. The molecule has 1 heterocycles. The van der Waals surface area contributed by atoms with Gasteiger partial charge in [-0.3, -0.25) is 4.79 Å². The third-order valence-electron chi connectivity index (χ3n) is 2.09. The van der Waals surface area contributed by atoms with Gasteiger partial charge in [0.2, 0.25) is 0 Å². The standard InChI is InChI=1S/C10H8N2O3/c13-9-5-12(6-11-9)8-4-2-1-3-7(8)10(14)15/h1-4,6H,5H2,(H,14,15). The van der Waals surface area contributed by atoms with Gasteiger partial charge in [-0.1, -0.05) is 12.1 Å². The van der Waals surface area contributed by atoms with Gasteiger partial charge in [-0.2, -0.15) is 0 Å². The summed E-state index contributed by atoms with van der Waals surface area (Å²) in [5, 5.41) is 8.94. The van der Waals surface area contributed by atoms with E-state index < -0.39 is 5.97 Å². The van der Waals surface area contributed by atoms with Crippen LogP contribution in [0.4, 0.5) is 5.69 Å². The van der Waals surface area contributed by atoms with E-state index in [0.717, 1.165) is 0 Å². The van der Waals surface area contributed by atoms with Crippen molar-refractivity contribution in [3.05, 3.63) is 29.8 Å². The number of carbonyl (C=O) groups is 2. The molecule has 1 N–H and O–H groups in total. The zero-order valence-corrected chi connectivity index (χ0v) is 7.75. The van der Waals surface area contributed by atoms with Gasteiger partial charge in [-0.05, 0) is 12.1 Å². The summed E-state index contributed by atoms with van der Waals surface area (Å²) in [7, 11) is 0. The van der Waals surface area contributed by atoms with Gasteiger partial charge in [0.05, 0.1) is 17.6 Å². The van der Waals surface area contributed by atoms with Crippen molar-refractivity contribution in [1.29, 1.82) is 0 Å². The molecule has 5 nitrogen and oxygen atoms in total. The number of hydrogen-bond donors (Lipinski definition) is 1. The van der Waals surface area contributed by atoms with Gasteiger partial charge >= 0.3 is 5.97 Å². The smallest absolute Gasteiger partial charge is 0.337 e. The second-order valence-electron chi connectivity index (χ2n) is 3.09. The molecule has 0 aliphatic carbocycles. The number of amides is 1. The summed E-state index contributed by atoms with van der Waals surface area (Å²) in [6, 6.07) is 6.50. The molecule has 2 rings (SSSR count). The second-order valence-corrected chi connectivity index (χ2v) is 3.09. The van der Waals surface area contributed by atoms with E-state index >= 15 is 0 Å². The molecule has 1 aliphatic rings. The van der Waals surface area contributed by atoms with Crippen LogP contribution < -0.4 is 4.90 Å². The fourth-order valence-electron chi connectivity index (χ4n) is 1.41. The number of aromatic carboxylic acids is 1. The first-order valence-electron chi connectivity index (χ1n) is 4.34. The Hall–Kier alpha value is -2.17. The largest absolute Gasteiger partial charge is 0.478 e. The minimum absolute atomic E-state index is 0.101. The first-order chi connectivity index (χ1) is 7.18. The van der Waals surface area contributed by atoms with Gasteiger partial charge in [0.25, 0.3) is 5.91 Å². The van der Waals surface area contributed by atoms with Gasteiger partial charge in [0, 0.05) is 0 Å². The molecule has 0 saturated heterocycles. The highest BCUT2D eigenvalue weighted by atomic mass is 16.4. The fourth-order valence-corrected chi connectivity index (χ4v) is 1.41. The van der Waals surface area contributed by atoms with Crippen LogP contribution >= 0.6 is 0 Å². The molecule has 15 heavy (non-hydrogen) atoms. The van der Waals surface area contributed by atoms with Crippen LogP contribution in [0.3, 0.4) is 0 Å². The lowest BCUT2D eigenvalue weighted by atomic mass is 10.1. The summed E-state index contributed by atoms with van der Waals surface area (Å²) in [5.74, 6) is -1.28. The molecular formula is C10H8N2O3. The Kier molecular flexibility index (Phi) is 2.21. The minimum atomic E-state index is -1.02. The summed E-state index contributed by atoms with van der Waals surface area (Å²) in [6.07, 6.45) is 1.35. The van der Waals surface area contributed by atoms with Crippen molar-refractivity contribution in [2.24, 2.45) is 4.99 Å². The molecule has 1 aliphatic heterocycles. The molecule has 0 spiro atoms. The lowest BCUT2D eigenvalue weighted by Crippen LogP contribution is -2.22. The predicted octanol–water partition coefficient (Wildman–Crippen LogP) is 0.760. The van der Waals surface area contributed by atoms with Gasteiger partial charge in [0.15, 0.2) is 0 Å². The topological polar surface area (TPSA) is 70.0 Å². The molecule has 1 aromatic carbocycles. The Morgan fingerprint density at radius 1 is 1.40 bits per heavy atom. The van der Waals surface area contributed by atoms with Crippen LogP contribution in [-0.4, -0.2) is 29.9 Å². The third-order valence-corrected chi connectivity index (χ3v) is 2.09. The Balaban J connectivity index is 2.40. The van der Waals surface area contributed by atoms with Crippen LogP contribution in [0.1, 0.15) is 10.4 Å². The van der Waals surface area contributed by atoms with Gasteiger partial charge in [-0.15, -0.1) is 0 Å². The van der Waals surface area contributed by atoms with Crippen molar-refractivity contribution in [1.82, 2.24) is 0 Å². The molecule has 0 saturated carbocycles. The van der Waals surface area contributed by atoms with Crippen LogP contribution in [0.15, 0.2) is 29.3 Å². The van der Waals surface area contributed by atoms with Gasteiger partial charge in [0.1, 0.15) is 6.54 Å². The summed E-state index contributed by atoms with van der Waals surface area (Å²) in [6.45, 7) is 0.101. The third kappa shape index (κ3) is 1.71. The lowest BCUT2D eigenvalue weighted by Gasteiger charge is -2.15. The second kappa shape index (κ2) is 3.53. The molecule has 5 heteroatoms. The van der Waals surface area contributed by atoms with E-state index in [0.29, 0.717) is 5.69 Å². The van der Waals surface area contributed by atoms with E-state index in [1.54, 1.807) is 18.2 Å². The zero-order valence-electron chi connectivity index (χ0n) is 7.75. The molecule has 0 atom stereocenters. The van der Waals surface area contributed by atoms with Crippen LogP contribution in [0.5, 0.6) is 0 Å². The average molecular weight is 204 g/mol. The Morgan fingerprint density at radius 2 is 2.13 bits per heavy atom. The van der Waals surface area contributed by atoms with Crippen molar-refractivity contribution < 1.29 is 14.7 Å². The lowest BCUT2D eigenvalue weighted by molar-refractivity contribution is -0.115. The number of para-hydroxylation sites is 1. The number of nitrogens with zero attached hydrogens (tertiary/aromatic N) is 2. The molecule has 0 radical (unpaired) electrons. The van der Waals surface area contributed by atoms with E-state index in [1.165, 1.54) is 17.3 Å². The fraction of sp³-hybridized carbons (Fsp3) is 0.100. The van der Waals surface area contributed by atoms with Crippen LogP contribution in [0, 0.1) is 0 Å². The highest BCUT2D eigenvalue weighted by Crippen LogP contribution is 2.20. The average Bonchev–Trinajstić information content (AvgIpc) is 2.65. The highest BCUT2D eigenvalue weighted by Gasteiger charge is 2.19. The summed E-state index contributed by atoms with van der Waals surface area (Å²) < 4.78 is 0. The monoisotopic (exact) mass is 204 g/mol. The first-order valence-corrected chi connectivity index (χ1v) is 4.34. The number of carboxylic acid groups (broad SMARTS) is 1. The molecule has 0 bridgehead atoms. The first kappa shape index (κ1) is 9.39. The molecule has 1 amide bonds. The van der Waals surface area contributed by atoms with Crippen molar-refractivity contribution in [2.75, 3.05) is 11.4 Å². The van der Waals surface area contributed by atoms with Crippen LogP contribution in [0.25, 0.3) is 0 Å². The molecular weight excluding hydrogens is 196 g/mol. The maximum atomic E-state index is 10.9. The van der Waals surface area contributed by atoms with Crippen molar-refractivity contribution >= 4 is 23.9 Å². The van der Waals surface area contributed by atoms with Gasteiger partial charge in [-0.25, -0.2) is 9.79 Å². The maximum absolute atomic E-state index is 10.9. The summed E-state index contributed by atoms with van der Waals surface area (Å²) >= 11 is 0. The minimum Gasteiger partial charge on any atom is -0.478 e. The molecule has 0 unspecified atom stereocenters. The normalized spacial score (nSPS) is 14.7. The quantitative estimate of drug-likeness (QED) is 0.772. The number of carboxylic acids is 1. The Bertz CT molecular complexity index is 454. The summed E-state index contributed by atoms with van der Waals surface area (Å²) in [5.41, 5.74) is 0.651. The molecule has 1 aromatic rings. The van der Waals surface area contributed by atoms with Crippen molar-refractivity contribution in [3.8, 4) is 0 Å². The summed E-state index contributed by atoms with van der Waals surface area (Å²) in [4.78, 5) is 26.9. The predicted molar refractivity (Wildman–Crippen MR) is 54.2 cm³/mol. The number of hydrogen-bond acceptors (Lipinski definition) is 3. The van der Waals surface area contributed by atoms with E-state index in [1.807, 2.05) is 0 Å². The number of rotatable bonds is 2. The van der Waals surface area contributed by atoms with E-state index in [4.69, 9.17) is 5.11 Å².